The van der Waals surface area contributed by atoms with Crippen molar-refractivity contribution in [1.29, 1.82) is 0 Å². The highest BCUT2D eigenvalue weighted by Crippen LogP contribution is 2.54. The number of phenolic OH excluding ortho intramolecular Hbond substituents is 4. The molecule has 5 N–H and O–H groups in total. The molecule has 0 aromatic heterocycles. The summed E-state index contributed by atoms with van der Waals surface area (Å²) in [5.41, 5.74) is 1.62. The molecule has 2 aliphatic rings. The van der Waals surface area contributed by atoms with Gasteiger partial charge in [0, 0.05) is 23.3 Å². The first-order valence-electron chi connectivity index (χ1n) is 10.6. The highest BCUT2D eigenvalue weighted by atomic mass is 16.5. The van der Waals surface area contributed by atoms with E-state index >= 15 is 0 Å². The Balaban J connectivity index is 1.58. The summed E-state index contributed by atoms with van der Waals surface area (Å²) in [5.74, 6) is -1.36. The van der Waals surface area contributed by atoms with Gasteiger partial charge in [-0.05, 0) is 23.8 Å². The maximum absolute atomic E-state index is 12.8. The molecule has 9 heteroatoms. The molecule has 3 aromatic rings. The van der Waals surface area contributed by atoms with Gasteiger partial charge in [0.05, 0.1) is 26.1 Å². The van der Waals surface area contributed by atoms with Crippen LogP contribution in [0.15, 0.2) is 42.5 Å². The van der Waals surface area contributed by atoms with E-state index in [-0.39, 0.29) is 64.6 Å². The van der Waals surface area contributed by atoms with Crippen LogP contribution in [0, 0.1) is 0 Å². The van der Waals surface area contributed by atoms with Crippen molar-refractivity contribution in [3.8, 4) is 40.2 Å². The molecule has 0 amide bonds. The summed E-state index contributed by atoms with van der Waals surface area (Å²) < 4.78 is 17.2. The molecular weight excluding hydrogens is 444 g/mol. The fourth-order valence-corrected chi connectivity index (χ4v) is 4.71. The quantitative estimate of drug-likeness (QED) is 0.390. The molecule has 0 radical (unpaired) electrons. The Labute approximate surface area is 194 Å². The summed E-state index contributed by atoms with van der Waals surface area (Å²) in [6, 6.07) is 10.0. The van der Waals surface area contributed by atoms with Gasteiger partial charge >= 0.3 is 0 Å². The van der Waals surface area contributed by atoms with Gasteiger partial charge in [-0.3, -0.25) is 4.79 Å². The molecular formula is C25H22O9. The lowest BCUT2D eigenvalue weighted by molar-refractivity contribution is 0.0843. The number of aromatic hydroxyl groups is 4. The van der Waals surface area contributed by atoms with Gasteiger partial charge in [-0.2, -0.15) is 0 Å². The van der Waals surface area contributed by atoms with Gasteiger partial charge in [-0.15, -0.1) is 0 Å². The van der Waals surface area contributed by atoms with E-state index in [1.165, 1.54) is 25.3 Å². The molecule has 5 rings (SSSR count). The summed E-state index contributed by atoms with van der Waals surface area (Å²) in [5, 5.41) is 50.7. The summed E-state index contributed by atoms with van der Waals surface area (Å²) in [6.07, 6.45) is -1.61. The lowest BCUT2D eigenvalue weighted by Gasteiger charge is -2.28. The number of benzene rings is 3. The van der Waals surface area contributed by atoms with Crippen LogP contribution in [-0.2, 0) is 0 Å². The number of carbonyl (C=O) groups is 1. The SMILES string of the molecule is COc1cc([C@@H]2Oc3c(O)ccc([C@@H]4CC(=O)c5c(O)cc(O)cc5O4)c3[C@H]2CO)ccc1O. The van der Waals surface area contributed by atoms with Gasteiger partial charge < -0.3 is 39.7 Å². The van der Waals surface area contributed by atoms with Crippen LogP contribution < -0.4 is 14.2 Å². The van der Waals surface area contributed by atoms with Crippen molar-refractivity contribution in [3.63, 3.8) is 0 Å². The summed E-state index contributed by atoms with van der Waals surface area (Å²) >= 11 is 0. The molecule has 2 aliphatic heterocycles. The van der Waals surface area contributed by atoms with Crippen molar-refractivity contribution in [3.05, 3.63) is 64.7 Å². The summed E-state index contributed by atoms with van der Waals surface area (Å²) in [6.45, 7) is -0.337. The van der Waals surface area contributed by atoms with E-state index in [2.05, 4.69) is 0 Å². The summed E-state index contributed by atoms with van der Waals surface area (Å²) in [4.78, 5) is 12.8. The van der Waals surface area contributed by atoms with Crippen molar-refractivity contribution in [1.82, 2.24) is 0 Å². The van der Waals surface area contributed by atoms with Crippen LogP contribution >= 0.6 is 0 Å². The molecule has 0 saturated carbocycles. The Hall–Kier alpha value is -4.11. The zero-order valence-electron chi connectivity index (χ0n) is 18.1. The van der Waals surface area contributed by atoms with Crippen molar-refractivity contribution in [2.45, 2.75) is 24.5 Å². The van der Waals surface area contributed by atoms with Gasteiger partial charge in [-0.1, -0.05) is 12.1 Å². The van der Waals surface area contributed by atoms with Crippen molar-refractivity contribution >= 4 is 5.78 Å². The summed E-state index contributed by atoms with van der Waals surface area (Å²) in [7, 11) is 1.42. The molecule has 2 heterocycles. The maximum Gasteiger partial charge on any atom is 0.174 e. The number of ketones is 1. The number of hydrogen-bond donors (Lipinski definition) is 5. The fourth-order valence-electron chi connectivity index (χ4n) is 4.71. The van der Waals surface area contributed by atoms with Crippen LogP contribution in [0.5, 0.6) is 40.2 Å². The molecule has 3 atom stereocenters. The third-order valence-corrected chi connectivity index (χ3v) is 6.25. The third kappa shape index (κ3) is 3.32. The van der Waals surface area contributed by atoms with Crippen molar-refractivity contribution in [2.24, 2.45) is 0 Å². The van der Waals surface area contributed by atoms with Crippen LogP contribution in [0.2, 0.25) is 0 Å². The molecule has 0 spiro atoms. The van der Waals surface area contributed by atoms with Gasteiger partial charge in [-0.25, -0.2) is 0 Å². The average Bonchev–Trinajstić information content (AvgIpc) is 3.19. The van der Waals surface area contributed by atoms with Gasteiger partial charge in [0.2, 0.25) is 0 Å². The Morgan fingerprint density at radius 3 is 2.47 bits per heavy atom. The monoisotopic (exact) mass is 466 g/mol. The first kappa shape index (κ1) is 21.7. The number of Topliss-reactive ketones (excluding diaryl/α,β-unsaturated/α-hetero) is 1. The number of methoxy groups -OCH3 is 1. The predicted octanol–water partition coefficient (Wildman–Crippen LogP) is 3.43. The van der Waals surface area contributed by atoms with E-state index in [0.29, 0.717) is 16.7 Å². The molecule has 9 nitrogen and oxygen atoms in total. The van der Waals surface area contributed by atoms with Gasteiger partial charge in [0.1, 0.15) is 35.0 Å². The van der Waals surface area contributed by atoms with E-state index < -0.39 is 18.1 Å². The lowest BCUT2D eigenvalue weighted by atomic mass is 9.85. The standard InChI is InChI=1S/C25H22O9/c1-32-20-6-11(2-4-15(20)28)24-14(10-26)22-13(3-5-16(29)25(22)34-24)19-9-18(31)23-17(30)7-12(27)8-21(23)33-19/h2-8,14,19,24,26-30H,9-10H2,1H3/t14-,19+,24+/m1/s1. The molecule has 176 valence electrons. The lowest BCUT2D eigenvalue weighted by Crippen LogP contribution is -2.22. The normalized spacial score (nSPS) is 20.8. The van der Waals surface area contributed by atoms with E-state index in [4.69, 9.17) is 14.2 Å². The zero-order valence-corrected chi connectivity index (χ0v) is 18.1. The number of rotatable bonds is 4. The number of ether oxygens (including phenoxy) is 3. The number of carbonyl (C=O) groups excluding carboxylic acids is 1. The number of hydrogen-bond acceptors (Lipinski definition) is 9. The average molecular weight is 466 g/mol. The minimum atomic E-state index is -0.804. The minimum absolute atomic E-state index is 0.00602. The molecule has 0 bridgehead atoms. The van der Waals surface area contributed by atoms with Crippen molar-refractivity contribution < 1.29 is 44.5 Å². The number of fused-ring (bicyclic) bond motifs is 2. The largest absolute Gasteiger partial charge is 0.508 e. The second-order valence-electron chi connectivity index (χ2n) is 8.25. The van der Waals surface area contributed by atoms with E-state index in [1.54, 1.807) is 18.2 Å². The highest BCUT2D eigenvalue weighted by Gasteiger charge is 2.42. The van der Waals surface area contributed by atoms with E-state index in [1.807, 2.05) is 0 Å². The molecule has 0 saturated heterocycles. The van der Waals surface area contributed by atoms with Crippen LogP contribution in [0.25, 0.3) is 0 Å². The predicted molar refractivity (Wildman–Crippen MR) is 118 cm³/mol. The fraction of sp³-hybridized carbons (Fsp3) is 0.240. The Morgan fingerprint density at radius 1 is 0.971 bits per heavy atom. The van der Waals surface area contributed by atoms with Crippen LogP contribution in [0.3, 0.4) is 0 Å². The Morgan fingerprint density at radius 2 is 1.74 bits per heavy atom. The van der Waals surface area contributed by atoms with Crippen LogP contribution in [0.4, 0.5) is 0 Å². The van der Waals surface area contributed by atoms with E-state index in [9.17, 15) is 30.3 Å². The minimum Gasteiger partial charge on any atom is -0.508 e. The second-order valence-corrected chi connectivity index (χ2v) is 8.25. The number of phenols is 4. The second kappa shape index (κ2) is 8.03. The van der Waals surface area contributed by atoms with Crippen LogP contribution in [0.1, 0.15) is 51.6 Å². The smallest absolute Gasteiger partial charge is 0.174 e. The van der Waals surface area contributed by atoms with Crippen molar-refractivity contribution in [2.75, 3.05) is 13.7 Å². The Kier molecular flexibility index (Phi) is 5.13. The topological polar surface area (TPSA) is 146 Å². The van der Waals surface area contributed by atoms with Gasteiger partial charge in [0.15, 0.2) is 28.8 Å². The zero-order chi connectivity index (χ0) is 24.1. The Bertz CT molecular complexity index is 1300. The molecule has 3 aromatic carbocycles. The highest BCUT2D eigenvalue weighted by molar-refractivity contribution is 6.02. The molecule has 0 unspecified atom stereocenters. The maximum atomic E-state index is 12.8. The van der Waals surface area contributed by atoms with Crippen LogP contribution in [-0.4, -0.2) is 45.0 Å². The number of aliphatic hydroxyl groups excluding tert-OH is 1. The molecule has 34 heavy (non-hydrogen) atoms. The molecule has 0 aliphatic carbocycles. The first-order chi connectivity index (χ1) is 16.3. The number of aliphatic hydroxyl groups is 1. The molecule has 0 fully saturated rings. The third-order valence-electron chi connectivity index (χ3n) is 6.25. The first-order valence-corrected chi connectivity index (χ1v) is 10.6. The van der Waals surface area contributed by atoms with E-state index in [0.717, 1.165) is 6.07 Å². The van der Waals surface area contributed by atoms with Gasteiger partial charge in [0.25, 0.3) is 0 Å².